The fraction of sp³-hybridized carbons (Fsp3) is 1.00. The van der Waals surface area contributed by atoms with Gasteiger partial charge in [-0.05, 0) is 18.8 Å². The van der Waals surface area contributed by atoms with Gasteiger partial charge < -0.3 is 0 Å². The number of rotatable bonds is 2. The minimum Gasteiger partial charge on any atom is -0.216 e. The lowest BCUT2D eigenvalue weighted by Crippen LogP contribution is -2.39. The maximum absolute atomic E-state index is 11.1. The van der Waals surface area contributed by atoms with E-state index >= 15 is 0 Å². The van der Waals surface area contributed by atoms with E-state index in [1.54, 1.807) is 0 Å². The van der Waals surface area contributed by atoms with Gasteiger partial charge in [-0.15, -0.1) is 0 Å². The van der Waals surface area contributed by atoms with Crippen molar-refractivity contribution < 1.29 is 8.42 Å². The van der Waals surface area contributed by atoms with Crippen LogP contribution in [0.4, 0.5) is 0 Å². The van der Waals surface area contributed by atoms with E-state index in [0.29, 0.717) is 12.5 Å². The molecule has 72 valence electrons. The fourth-order valence-electron chi connectivity index (χ4n) is 1.79. The van der Waals surface area contributed by atoms with Crippen LogP contribution in [0.5, 0.6) is 0 Å². The third-order valence-electron chi connectivity index (χ3n) is 2.37. The monoisotopic (exact) mass is 192 g/mol. The average Bonchev–Trinajstić information content (AvgIpc) is 2.29. The van der Waals surface area contributed by atoms with Crippen LogP contribution in [0.3, 0.4) is 0 Å². The maximum atomic E-state index is 11.1. The molecule has 1 fully saturated rings. The predicted molar refractivity (Wildman–Crippen MR) is 47.7 cm³/mol. The fourth-order valence-corrected chi connectivity index (χ4v) is 2.91. The first-order valence-electron chi connectivity index (χ1n) is 4.24. The highest BCUT2D eigenvalue weighted by Gasteiger charge is 2.34. The summed E-state index contributed by atoms with van der Waals surface area (Å²) in [5.74, 6) is 0.438. The van der Waals surface area contributed by atoms with E-state index in [0.717, 1.165) is 12.8 Å². The van der Waals surface area contributed by atoms with Crippen LogP contribution < -0.4 is 5.14 Å². The molecule has 5 heteroatoms. The first kappa shape index (κ1) is 9.95. The molecule has 2 N–H and O–H groups in total. The Labute approximate surface area is 73.9 Å². The smallest absolute Gasteiger partial charge is 0.216 e. The second kappa shape index (κ2) is 3.32. The molecule has 1 saturated heterocycles. The van der Waals surface area contributed by atoms with Gasteiger partial charge in [-0.2, -0.15) is 12.7 Å². The van der Waals surface area contributed by atoms with Gasteiger partial charge in [-0.3, -0.25) is 0 Å². The minimum absolute atomic E-state index is 0.120. The summed E-state index contributed by atoms with van der Waals surface area (Å²) >= 11 is 0. The maximum Gasteiger partial charge on any atom is 0.277 e. The van der Waals surface area contributed by atoms with Crippen molar-refractivity contribution in [2.24, 2.45) is 11.1 Å². The predicted octanol–water partition coefficient (Wildman–Crippen LogP) is 0.310. The van der Waals surface area contributed by atoms with Crippen LogP contribution in [0.1, 0.15) is 26.7 Å². The van der Waals surface area contributed by atoms with Gasteiger partial charge in [0.25, 0.3) is 10.2 Å². The zero-order valence-corrected chi connectivity index (χ0v) is 8.34. The van der Waals surface area contributed by atoms with Crippen LogP contribution in [-0.4, -0.2) is 25.3 Å². The van der Waals surface area contributed by atoms with Crippen LogP contribution in [0.15, 0.2) is 0 Å². The quantitative estimate of drug-likeness (QED) is 0.684. The van der Waals surface area contributed by atoms with Crippen molar-refractivity contribution in [3.8, 4) is 0 Å². The largest absolute Gasteiger partial charge is 0.277 e. The molecule has 1 heterocycles. The van der Waals surface area contributed by atoms with Gasteiger partial charge in [0.05, 0.1) is 0 Å². The summed E-state index contributed by atoms with van der Waals surface area (Å²) in [6.45, 7) is 4.62. The third-order valence-corrected chi connectivity index (χ3v) is 3.47. The van der Waals surface area contributed by atoms with Crippen molar-refractivity contribution >= 4 is 10.2 Å². The molecule has 0 aromatic rings. The molecule has 0 aliphatic carbocycles. The highest BCUT2D eigenvalue weighted by atomic mass is 32.2. The first-order chi connectivity index (χ1) is 5.45. The number of hydrogen-bond acceptors (Lipinski definition) is 2. The molecule has 0 aromatic heterocycles. The van der Waals surface area contributed by atoms with Gasteiger partial charge in [0.15, 0.2) is 0 Å². The Bertz CT molecular complexity index is 250. The molecule has 0 spiro atoms. The molecule has 0 amide bonds. The Kier molecular flexibility index (Phi) is 2.75. The Morgan fingerprint density at radius 3 is 2.50 bits per heavy atom. The van der Waals surface area contributed by atoms with Crippen molar-refractivity contribution in [2.75, 3.05) is 6.54 Å². The molecule has 1 aliphatic heterocycles. The molecule has 0 aromatic carbocycles. The second-order valence-electron chi connectivity index (χ2n) is 3.52. The number of hydrogen-bond donors (Lipinski definition) is 1. The lowest BCUT2D eigenvalue weighted by Gasteiger charge is -2.19. The zero-order valence-electron chi connectivity index (χ0n) is 7.53. The van der Waals surface area contributed by atoms with E-state index in [1.807, 2.05) is 13.8 Å². The van der Waals surface area contributed by atoms with Crippen molar-refractivity contribution in [1.29, 1.82) is 0 Å². The van der Waals surface area contributed by atoms with Crippen molar-refractivity contribution in [3.05, 3.63) is 0 Å². The minimum atomic E-state index is -3.46. The number of nitrogens with zero attached hydrogens (tertiary/aromatic N) is 1. The van der Waals surface area contributed by atoms with E-state index in [2.05, 4.69) is 0 Å². The summed E-state index contributed by atoms with van der Waals surface area (Å²) in [5.41, 5.74) is 0. The van der Waals surface area contributed by atoms with Crippen molar-refractivity contribution in [1.82, 2.24) is 4.31 Å². The summed E-state index contributed by atoms with van der Waals surface area (Å²) in [7, 11) is -3.46. The standard InChI is InChI=1S/C7H16N2O2S/c1-3-7-4-6(2)5-9(7)12(8,10)11/h6-7H,3-5H2,1-2H3,(H2,8,10,11). The first-order valence-corrected chi connectivity index (χ1v) is 5.75. The Morgan fingerprint density at radius 1 is 1.58 bits per heavy atom. The summed E-state index contributed by atoms with van der Waals surface area (Å²) in [6, 6.07) is 0.120. The molecule has 2 atom stereocenters. The van der Waals surface area contributed by atoms with E-state index in [9.17, 15) is 8.42 Å². The van der Waals surface area contributed by atoms with Gasteiger partial charge in [0.1, 0.15) is 0 Å². The molecule has 4 nitrogen and oxygen atoms in total. The van der Waals surface area contributed by atoms with Gasteiger partial charge in [0, 0.05) is 12.6 Å². The van der Waals surface area contributed by atoms with Gasteiger partial charge in [0.2, 0.25) is 0 Å². The van der Waals surface area contributed by atoms with Crippen LogP contribution >= 0.6 is 0 Å². The molecular weight excluding hydrogens is 176 g/mol. The van der Waals surface area contributed by atoms with Gasteiger partial charge in [-0.1, -0.05) is 13.8 Å². The molecule has 1 aliphatic rings. The van der Waals surface area contributed by atoms with Crippen molar-refractivity contribution in [2.45, 2.75) is 32.7 Å². The van der Waals surface area contributed by atoms with Gasteiger partial charge >= 0.3 is 0 Å². The highest BCUT2D eigenvalue weighted by Crippen LogP contribution is 2.26. The summed E-state index contributed by atoms with van der Waals surface area (Å²) in [6.07, 6.45) is 1.79. The highest BCUT2D eigenvalue weighted by molar-refractivity contribution is 7.86. The molecule has 1 rings (SSSR count). The SMILES string of the molecule is CCC1CC(C)CN1S(N)(=O)=O. The molecule has 0 bridgehead atoms. The third kappa shape index (κ3) is 1.97. The Morgan fingerprint density at radius 2 is 2.17 bits per heavy atom. The molecule has 2 unspecified atom stereocenters. The number of nitrogens with two attached hydrogens (primary N) is 1. The van der Waals surface area contributed by atoms with Crippen LogP contribution in [0.25, 0.3) is 0 Å². The molecule has 0 saturated carbocycles. The van der Waals surface area contributed by atoms with E-state index in [1.165, 1.54) is 4.31 Å². The van der Waals surface area contributed by atoms with E-state index in [4.69, 9.17) is 5.14 Å². The second-order valence-corrected chi connectivity index (χ2v) is 5.02. The lowest BCUT2D eigenvalue weighted by molar-refractivity contribution is 0.379. The molecule has 0 radical (unpaired) electrons. The molecular formula is C7H16N2O2S. The van der Waals surface area contributed by atoms with Gasteiger partial charge in [-0.25, -0.2) is 5.14 Å². The van der Waals surface area contributed by atoms with E-state index in [-0.39, 0.29) is 6.04 Å². The van der Waals surface area contributed by atoms with E-state index < -0.39 is 10.2 Å². The van der Waals surface area contributed by atoms with Crippen LogP contribution in [-0.2, 0) is 10.2 Å². The zero-order chi connectivity index (χ0) is 9.35. The van der Waals surface area contributed by atoms with Crippen LogP contribution in [0, 0.1) is 5.92 Å². The Hall–Kier alpha value is -0.130. The molecule has 12 heavy (non-hydrogen) atoms. The lowest BCUT2D eigenvalue weighted by atomic mass is 10.1. The average molecular weight is 192 g/mol. The normalized spacial score (nSPS) is 32.6. The van der Waals surface area contributed by atoms with Crippen LogP contribution in [0.2, 0.25) is 0 Å². The summed E-state index contributed by atoms with van der Waals surface area (Å²) in [5, 5.41) is 5.07. The Balaban J connectivity index is 2.78. The van der Waals surface area contributed by atoms with Crippen molar-refractivity contribution in [3.63, 3.8) is 0 Å². The topological polar surface area (TPSA) is 63.4 Å². The summed E-state index contributed by atoms with van der Waals surface area (Å²) < 4.78 is 23.5. The summed E-state index contributed by atoms with van der Waals surface area (Å²) in [4.78, 5) is 0.